The van der Waals surface area contributed by atoms with Crippen LogP contribution >= 0.6 is 15.6 Å². The molecule has 0 saturated carbocycles. The molecular weight excluding hydrogens is 1290 g/mol. The minimum Gasteiger partial charge on any atom is -0.463 e. The Morgan fingerprint density at radius 2 is 0.545 bits per heavy atom. The van der Waals surface area contributed by atoms with E-state index in [2.05, 4.69) is 154 Å². The summed E-state index contributed by atoms with van der Waals surface area (Å²) < 4.78 is 61.0. The van der Waals surface area contributed by atoms with Crippen molar-refractivity contribution in [3.8, 4) is 0 Å². The minimum atomic E-state index is -4.93. The number of aliphatic hydroxyl groups is 2. The summed E-state index contributed by atoms with van der Waals surface area (Å²) in [4.78, 5) is 58.5. The van der Waals surface area contributed by atoms with Gasteiger partial charge in [-0.15, -0.1) is 0 Å². The molecule has 5 unspecified atom stereocenters. The number of carbonyl (C=O) groups is 3. The van der Waals surface area contributed by atoms with Crippen LogP contribution in [0, 0.1) is 0 Å². The molecule has 0 amide bonds. The second-order valence-electron chi connectivity index (χ2n) is 25.4. The van der Waals surface area contributed by atoms with Gasteiger partial charge in [0.05, 0.1) is 26.4 Å². The molecule has 0 aliphatic rings. The van der Waals surface area contributed by atoms with E-state index in [1.54, 1.807) is 0 Å². The minimum absolute atomic E-state index is 0.0893. The van der Waals surface area contributed by atoms with E-state index in [0.717, 1.165) is 173 Å². The van der Waals surface area contributed by atoms with Gasteiger partial charge >= 0.3 is 33.6 Å². The summed E-state index contributed by atoms with van der Waals surface area (Å²) in [5, 5.41) is 20.6. The molecule has 568 valence electrons. The molecule has 0 radical (unpaired) electrons. The topological polar surface area (TPSA) is 231 Å². The maximum absolute atomic E-state index is 12.9. The Hall–Kier alpha value is -4.31. The standard InChI is InChI=1S/C81H138O16P2/c1-4-7-10-13-16-19-22-24-26-28-30-32-34-35-36-37-38-39-41-43-44-46-48-50-53-55-58-61-64-67-79(84)91-70-76(82)71-93-98(87,88)94-72-77(83)73-95-99(89,90)96-75-78(97-81(86)69-66-63-60-57-52-21-18-15-12-9-6-3)74-92-80(85)68-65-62-59-56-54-51-49-47-45-42-40-33-31-29-27-25-23-20-17-14-11-8-5-2/h7,10,15-20,24-27,30-33,35-36,38-39,42,45,76-78,82-83H,4-6,8-9,11-14,21-23,28-29,34,37,40-41,43-44,46-75H2,1-3H3,(H,87,88)(H,89,90)/b10-7-,18-15-,19-16-,20-17-,26-24-,27-25-,32-30-,33-31-,36-35-,39-38-,45-42-. The van der Waals surface area contributed by atoms with Gasteiger partial charge in [-0.05, 0) is 135 Å². The fourth-order valence-electron chi connectivity index (χ4n) is 9.95. The van der Waals surface area contributed by atoms with Crippen LogP contribution in [0.5, 0.6) is 0 Å². The summed E-state index contributed by atoms with van der Waals surface area (Å²) in [6, 6.07) is 0. The number of phosphoric acid groups is 2. The van der Waals surface area contributed by atoms with Crippen LogP contribution in [0.2, 0.25) is 0 Å². The zero-order chi connectivity index (χ0) is 72.3. The van der Waals surface area contributed by atoms with E-state index in [1.165, 1.54) is 70.6 Å². The van der Waals surface area contributed by atoms with Crippen LogP contribution < -0.4 is 0 Å². The van der Waals surface area contributed by atoms with Gasteiger partial charge in [0.1, 0.15) is 25.4 Å². The number of hydrogen-bond donors (Lipinski definition) is 4. The lowest BCUT2D eigenvalue weighted by Crippen LogP contribution is -2.30. The molecule has 18 heteroatoms. The average Bonchev–Trinajstić information content (AvgIpc) is 1.26. The SMILES string of the molecule is CC/C=C\C/C=C\C/C=C\C/C=C\C/C=C\C/C=C\CCCCCCCCCCCCC(=O)OCC(O)COP(=O)(O)OCC(O)COP(=O)(O)OCC(COC(=O)CCCCCCCCC/C=C\C/C=C\C/C=C\C/C=C\CCCCC)OC(=O)CCCCCCC/C=C\CCCC. The number of rotatable bonds is 72. The van der Waals surface area contributed by atoms with Crippen LogP contribution in [0.3, 0.4) is 0 Å². The molecule has 0 heterocycles. The van der Waals surface area contributed by atoms with Gasteiger partial charge in [-0.3, -0.25) is 32.5 Å². The molecule has 16 nitrogen and oxygen atoms in total. The molecular formula is C81H138O16P2. The van der Waals surface area contributed by atoms with Gasteiger partial charge < -0.3 is 34.2 Å². The van der Waals surface area contributed by atoms with Gasteiger partial charge in [-0.2, -0.15) is 0 Å². The number of hydrogen-bond acceptors (Lipinski definition) is 14. The highest BCUT2D eigenvalue weighted by molar-refractivity contribution is 7.47. The van der Waals surface area contributed by atoms with Crippen molar-refractivity contribution in [1.82, 2.24) is 0 Å². The molecule has 5 atom stereocenters. The molecule has 4 N–H and O–H groups in total. The number of phosphoric ester groups is 2. The van der Waals surface area contributed by atoms with Crippen LogP contribution in [0.25, 0.3) is 0 Å². The van der Waals surface area contributed by atoms with Crippen molar-refractivity contribution < 1.29 is 75.8 Å². The first-order chi connectivity index (χ1) is 48.2. The second kappa shape index (κ2) is 73.4. The average molecular weight is 1430 g/mol. The highest BCUT2D eigenvalue weighted by Gasteiger charge is 2.29. The highest BCUT2D eigenvalue weighted by atomic mass is 31.2. The van der Waals surface area contributed by atoms with E-state index in [4.69, 9.17) is 32.3 Å². The van der Waals surface area contributed by atoms with Crippen molar-refractivity contribution >= 4 is 33.6 Å². The number of unbranched alkanes of at least 4 members (excludes halogenated alkanes) is 27. The predicted molar refractivity (Wildman–Crippen MR) is 408 cm³/mol. The smallest absolute Gasteiger partial charge is 0.463 e. The highest BCUT2D eigenvalue weighted by Crippen LogP contribution is 2.45. The lowest BCUT2D eigenvalue weighted by molar-refractivity contribution is -0.161. The zero-order valence-electron chi connectivity index (χ0n) is 61.9. The zero-order valence-corrected chi connectivity index (χ0v) is 63.7. The fourth-order valence-corrected chi connectivity index (χ4v) is 11.5. The normalized spacial score (nSPS) is 14.8. The molecule has 0 bridgehead atoms. The maximum atomic E-state index is 12.9. The monoisotopic (exact) mass is 1430 g/mol. The Balaban J connectivity index is 4.48. The third-order valence-corrected chi connectivity index (χ3v) is 17.7. The van der Waals surface area contributed by atoms with Crippen LogP contribution in [-0.4, -0.2) is 95.9 Å². The van der Waals surface area contributed by atoms with E-state index in [-0.39, 0.29) is 19.3 Å². The van der Waals surface area contributed by atoms with Crippen molar-refractivity contribution in [3.63, 3.8) is 0 Å². The van der Waals surface area contributed by atoms with Gasteiger partial charge in [-0.25, -0.2) is 9.13 Å². The molecule has 0 aliphatic heterocycles. The largest absolute Gasteiger partial charge is 0.472 e. The van der Waals surface area contributed by atoms with E-state index < -0.39 is 91.5 Å². The number of aliphatic hydroxyl groups excluding tert-OH is 2. The second-order valence-corrected chi connectivity index (χ2v) is 28.3. The molecule has 0 aromatic rings. The lowest BCUT2D eigenvalue weighted by atomic mass is 10.1. The number of esters is 3. The third-order valence-electron chi connectivity index (χ3n) is 15.8. The van der Waals surface area contributed by atoms with Crippen molar-refractivity contribution in [1.29, 1.82) is 0 Å². The molecule has 0 aliphatic carbocycles. The molecule has 0 spiro atoms. The van der Waals surface area contributed by atoms with Gasteiger partial charge in [-0.1, -0.05) is 283 Å². The first kappa shape index (κ1) is 94.7. The van der Waals surface area contributed by atoms with E-state index in [0.29, 0.717) is 19.3 Å². The molecule has 0 aromatic heterocycles. The van der Waals surface area contributed by atoms with E-state index in [9.17, 15) is 43.5 Å². The van der Waals surface area contributed by atoms with Crippen LogP contribution in [0.1, 0.15) is 303 Å². The summed E-state index contributed by atoms with van der Waals surface area (Å²) in [7, 11) is -9.79. The lowest BCUT2D eigenvalue weighted by Gasteiger charge is -2.21. The van der Waals surface area contributed by atoms with Crippen LogP contribution in [-0.2, 0) is 55.8 Å². The number of carbonyl (C=O) groups excluding carboxylic acids is 3. The molecule has 0 aromatic carbocycles. The van der Waals surface area contributed by atoms with Gasteiger partial charge in [0.15, 0.2) is 6.10 Å². The Morgan fingerprint density at radius 3 is 0.889 bits per heavy atom. The first-order valence-electron chi connectivity index (χ1n) is 38.5. The maximum Gasteiger partial charge on any atom is 0.472 e. The van der Waals surface area contributed by atoms with Crippen molar-refractivity contribution in [3.05, 3.63) is 134 Å². The quantitative estimate of drug-likeness (QED) is 0.0146. The first-order valence-corrected chi connectivity index (χ1v) is 41.5. The van der Waals surface area contributed by atoms with E-state index >= 15 is 0 Å². The molecule has 0 rings (SSSR count). The molecule has 0 fully saturated rings. The summed E-state index contributed by atoms with van der Waals surface area (Å²) >= 11 is 0. The Labute approximate surface area is 601 Å². The summed E-state index contributed by atoms with van der Waals surface area (Å²) in [5.74, 6) is -1.60. The van der Waals surface area contributed by atoms with Gasteiger partial charge in [0, 0.05) is 19.3 Å². The molecule has 0 saturated heterocycles. The summed E-state index contributed by atoms with van der Waals surface area (Å²) in [6.07, 6.45) is 87.9. The number of ether oxygens (including phenoxy) is 3. The van der Waals surface area contributed by atoms with Crippen molar-refractivity contribution in [2.75, 3.05) is 39.6 Å². The van der Waals surface area contributed by atoms with Crippen LogP contribution in [0.15, 0.2) is 134 Å². The third kappa shape index (κ3) is 74.7. The van der Waals surface area contributed by atoms with Crippen molar-refractivity contribution in [2.45, 2.75) is 322 Å². The van der Waals surface area contributed by atoms with E-state index in [1.807, 2.05) is 0 Å². The number of allylic oxidation sites excluding steroid dienone is 22. The summed E-state index contributed by atoms with van der Waals surface area (Å²) in [5.41, 5.74) is 0. The Kier molecular flexibility index (Phi) is 70.2. The van der Waals surface area contributed by atoms with Crippen LogP contribution in [0.4, 0.5) is 0 Å². The predicted octanol–water partition coefficient (Wildman–Crippen LogP) is 22.3. The van der Waals surface area contributed by atoms with Crippen molar-refractivity contribution in [2.24, 2.45) is 0 Å². The van der Waals surface area contributed by atoms with Gasteiger partial charge in [0.2, 0.25) is 0 Å². The van der Waals surface area contributed by atoms with Gasteiger partial charge in [0.25, 0.3) is 0 Å². The Bertz CT molecular complexity index is 2330. The summed E-state index contributed by atoms with van der Waals surface area (Å²) in [6.45, 7) is 2.47. The Morgan fingerprint density at radius 1 is 0.293 bits per heavy atom. The molecule has 99 heavy (non-hydrogen) atoms. The fraction of sp³-hybridized carbons (Fsp3) is 0.691.